The van der Waals surface area contributed by atoms with Crippen molar-refractivity contribution in [2.75, 3.05) is 11.9 Å². The molecule has 0 aromatic heterocycles. The first-order valence-electron chi connectivity index (χ1n) is 6.01. The highest BCUT2D eigenvalue weighted by atomic mass is 16.5. The minimum atomic E-state index is -0.557. The Labute approximate surface area is 102 Å². The predicted octanol–water partition coefficient (Wildman–Crippen LogP) is 3.14. The summed E-state index contributed by atoms with van der Waals surface area (Å²) in [7, 11) is 0. The maximum atomic E-state index is 10.6. The van der Waals surface area contributed by atoms with Crippen molar-refractivity contribution in [3.05, 3.63) is 24.3 Å². The highest BCUT2D eigenvalue weighted by Crippen LogP contribution is 2.15. The summed E-state index contributed by atoms with van der Waals surface area (Å²) in [6.07, 6.45) is 4.77. The third-order valence-electron chi connectivity index (χ3n) is 2.39. The molecule has 0 aliphatic carbocycles. The van der Waals surface area contributed by atoms with E-state index in [2.05, 4.69) is 12.2 Å². The number of ether oxygens (including phenoxy) is 1. The van der Waals surface area contributed by atoms with E-state index in [0.717, 1.165) is 18.8 Å². The second-order valence-electron chi connectivity index (χ2n) is 3.92. The first kappa shape index (κ1) is 13.4. The zero-order valence-electron chi connectivity index (χ0n) is 10.2. The molecule has 0 fully saturated rings. The molecule has 0 heterocycles. The number of urea groups is 1. The number of carbonyl (C=O) groups is 1. The third-order valence-corrected chi connectivity index (χ3v) is 2.39. The van der Waals surface area contributed by atoms with Crippen molar-refractivity contribution < 1.29 is 9.53 Å². The van der Waals surface area contributed by atoms with Gasteiger partial charge in [0.2, 0.25) is 0 Å². The van der Waals surface area contributed by atoms with Gasteiger partial charge in [0.1, 0.15) is 5.75 Å². The van der Waals surface area contributed by atoms with Crippen LogP contribution in [0.5, 0.6) is 5.75 Å². The van der Waals surface area contributed by atoms with Gasteiger partial charge in [0.15, 0.2) is 0 Å². The summed E-state index contributed by atoms with van der Waals surface area (Å²) in [6, 6.07) is 6.63. The lowest BCUT2D eigenvalue weighted by Gasteiger charge is -2.07. The average molecular weight is 236 g/mol. The third kappa shape index (κ3) is 5.80. The van der Waals surface area contributed by atoms with Gasteiger partial charge in [-0.2, -0.15) is 0 Å². The van der Waals surface area contributed by atoms with Gasteiger partial charge in [0.05, 0.1) is 6.61 Å². The van der Waals surface area contributed by atoms with Crippen LogP contribution in [0.1, 0.15) is 32.6 Å². The molecule has 3 N–H and O–H groups in total. The summed E-state index contributed by atoms with van der Waals surface area (Å²) in [5.41, 5.74) is 5.68. The van der Waals surface area contributed by atoms with Crippen LogP contribution in [-0.4, -0.2) is 12.6 Å². The molecule has 4 nitrogen and oxygen atoms in total. The molecule has 94 valence electrons. The van der Waals surface area contributed by atoms with Crippen molar-refractivity contribution >= 4 is 11.7 Å². The van der Waals surface area contributed by atoms with E-state index in [1.165, 1.54) is 19.3 Å². The molecule has 0 bridgehead atoms. The second kappa shape index (κ2) is 7.54. The molecule has 0 aliphatic heterocycles. The molecule has 1 aromatic rings. The Morgan fingerprint density at radius 1 is 1.24 bits per heavy atom. The van der Waals surface area contributed by atoms with Gasteiger partial charge in [-0.25, -0.2) is 4.79 Å². The second-order valence-corrected chi connectivity index (χ2v) is 3.92. The summed E-state index contributed by atoms with van der Waals surface area (Å²) >= 11 is 0. The summed E-state index contributed by atoms with van der Waals surface area (Å²) < 4.78 is 5.57. The molecule has 0 aliphatic rings. The summed E-state index contributed by atoms with van der Waals surface area (Å²) in [5, 5.41) is 2.50. The number of carbonyl (C=O) groups excluding carboxylic acids is 1. The molecular formula is C13H20N2O2. The fourth-order valence-corrected chi connectivity index (χ4v) is 1.50. The fraction of sp³-hybridized carbons (Fsp3) is 0.462. The molecule has 1 aromatic carbocycles. The maximum Gasteiger partial charge on any atom is 0.316 e. The summed E-state index contributed by atoms with van der Waals surface area (Å²) in [5.74, 6) is 0.816. The van der Waals surface area contributed by atoms with E-state index in [0.29, 0.717) is 5.69 Å². The summed E-state index contributed by atoms with van der Waals surface area (Å²) in [4.78, 5) is 10.6. The molecule has 0 saturated heterocycles. The van der Waals surface area contributed by atoms with Gasteiger partial charge < -0.3 is 15.8 Å². The van der Waals surface area contributed by atoms with Gasteiger partial charge >= 0.3 is 6.03 Å². The normalized spacial score (nSPS) is 9.94. The molecule has 17 heavy (non-hydrogen) atoms. The molecule has 0 unspecified atom stereocenters. The van der Waals surface area contributed by atoms with Crippen LogP contribution in [0, 0.1) is 0 Å². The minimum Gasteiger partial charge on any atom is -0.494 e. The van der Waals surface area contributed by atoms with Crippen LogP contribution < -0.4 is 15.8 Å². The number of amides is 2. The predicted molar refractivity (Wildman–Crippen MR) is 69.3 cm³/mol. The van der Waals surface area contributed by atoms with Crippen molar-refractivity contribution in [3.8, 4) is 5.75 Å². The monoisotopic (exact) mass is 236 g/mol. The molecule has 0 radical (unpaired) electrons. The zero-order chi connectivity index (χ0) is 12.5. The SMILES string of the molecule is CCCCCCOc1ccc(NC(N)=O)cc1. The Hall–Kier alpha value is -1.71. The number of nitrogens with two attached hydrogens (primary N) is 1. The number of hydrogen-bond donors (Lipinski definition) is 2. The number of unbranched alkanes of at least 4 members (excludes halogenated alkanes) is 3. The Morgan fingerprint density at radius 2 is 1.94 bits per heavy atom. The van der Waals surface area contributed by atoms with E-state index in [1.54, 1.807) is 12.1 Å². The van der Waals surface area contributed by atoms with Crippen molar-refractivity contribution in [2.24, 2.45) is 5.73 Å². The van der Waals surface area contributed by atoms with Crippen LogP contribution in [0.2, 0.25) is 0 Å². The number of primary amides is 1. The molecule has 0 saturated carbocycles. The van der Waals surface area contributed by atoms with Gasteiger partial charge in [-0.3, -0.25) is 0 Å². The Kier molecular flexibility index (Phi) is 5.93. The highest BCUT2D eigenvalue weighted by Gasteiger charge is 1.97. The molecule has 2 amide bonds. The Morgan fingerprint density at radius 3 is 2.53 bits per heavy atom. The first-order valence-corrected chi connectivity index (χ1v) is 6.01. The number of anilines is 1. The van der Waals surface area contributed by atoms with Crippen LogP contribution >= 0.6 is 0 Å². The highest BCUT2D eigenvalue weighted by molar-refractivity contribution is 5.87. The van der Waals surface area contributed by atoms with E-state index in [-0.39, 0.29) is 0 Å². The topological polar surface area (TPSA) is 64.3 Å². The largest absolute Gasteiger partial charge is 0.494 e. The van der Waals surface area contributed by atoms with E-state index < -0.39 is 6.03 Å². The smallest absolute Gasteiger partial charge is 0.316 e. The van der Waals surface area contributed by atoms with Crippen LogP contribution in [0.15, 0.2) is 24.3 Å². The lowest BCUT2D eigenvalue weighted by molar-refractivity contribution is 0.259. The fourth-order valence-electron chi connectivity index (χ4n) is 1.50. The molecular weight excluding hydrogens is 216 g/mol. The van der Waals surface area contributed by atoms with E-state index in [9.17, 15) is 4.79 Å². The van der Waals surface area contributed by atoms with Gasteiger partial charge in [-0.15, -0.1) is 0 Å². The van der Waals surface area contributed by atoms with Gasteiger partial charge in [-0.05, 0) is 30.7 Å². The standard InChI is InChI=1S/C13H20N2O2/c1-2-3-4-5-10-17-12-8-6-11(7-9-12)15-13(14)16/h6-9H,2-5,10H2,1H3,(H3,14,15,16). The maximum absolute atomic E-state index is 10.6. The molecule has 0 atom stereocenters. The number of benzene rings is 1. The molecule has 0 spiro atoms. The van der Waals surface area contributed by atoms with E-state index in [1.807, 2.05) is 12.1 Å². The van der Waals surface area contributed by atoms with Crippen LogP contribution in [0.3, 0.4) is 0 Å². The van der Waals surface area contributed by atoms with E-state index >= 15 is 0 Å². The van der Waals surface area contributed by atoms with Crippen molar-refractivity contribution in [2.45, 2.75) is 32.6 Å². The average Bonchev–Trinajstić information content (AvgIpc) is 2.30. The van der Waals surface area contributed by atoms with Crippen LogP contribution in [0.4, 0.5) is 10.5 Å². The quantitative estimate of drug-likeness (QED) is 0.714. The number of nitrogens with one attached hydrogen (secondary N) is 1. The minimum absolute atomic E-state index is 0.557. The lowest BCUT2D eigenvalue weighted by Crippen LogP contribution is -2.19. The lowest BCUT2D eigenvalue weighted by atomic mass is 10.2. The van der Waals surface area contributed by atoms with Crippen LogP contribution in [0.25, 0.3) is 0 Å². The number of rotatable bonds is 7. The number of hydrogen-bond acceptors (Lipinski definition) is 2. The Bertz CT molecular complexity index is 336. The van der Waals surface area contributed by atoms with Gasteiger partial charge in [0, 0.05) is 5.69 Å². The van der Waals surface area contributed by atoms with Crippen molar-refractivity contribution in [1.82, 2.24) is 0 Å². The summed E-state index contributed by atoms with van der Waals surface area (Å²) in [6.45, 7) is 2.92. The van der Waals surface area contributed by atoms with Gasteiger partial charge in [0.25, 0.3) is 0 Å². The zero-order valence-corrected chi connectivity index (χ0v) is 10.2. The van der Waals surface area contributed by atoms with Gasteiger partial charge in [-0.1, -0.05) is 26.2 Å². The molecule has 4 heteroatoms. The molecule has 1 rings (SSSR count). The first-order chi connectivity index (χ1) is 8.22. The van der Waals surface area contributed by atoms with Crippen LogP contribution in [-0.2, 0) is 0 Å². The Balaban J connectivity index is 2.28. The van der Waals surface area contributed by atoms with E-state index in [4.69, 9.17) is 10.5 Å². The van der Waals surface area contributed by atoms with Crippen molar-refractivity contribution in [3.63, 3.8) is 0 Å². The van der Waals surface area contributed by atoms with Crippen molar-refractivity contribution in [1.29, 1.82) is 0 Å².